The average Bonchev–Trinajstić information content (AvgIpc) is 3.30. The van der Waals surface area contributed by atoms with Crippen molar-refractivity contribution < 1.29 is 23.5 Å². The van der Waals surface area contributed by atoms with E-state index in [0.29, 0.717) is 43.7 Å². The molecule has 0 saturated carbocycles. The number of carbonyl (C=O) groups excluding carboxylic acids is 2. The number of furan rings is 1. The van der Waals surface area contributed by atoms with Crippen LogP contribution in [-0.2, 0) is 9.59 Å². The molecule has 0 atom stereocenters. The minimum absolute atomic E-state index is 0.0161. The van der Waals surface area contributed by atoms with Crippen molar-refractivity contribution in [2.75, 3.05) is 32.8 Å². The van der Waals surface area contributed by atoms with Crippen LogP contribution in [0.15, 0.2) is 53.2 Å². The molecule has 0 unspecified atom stereocenters. The quantitative estimate of drug-likeness (QED) is 0.640. The molecule has 0 bridgehead atoms. The van der Waals surface area contributed by atoms with E-state index in [1.165, 1.54) is 0 Å². The third kappa shape index (κ3) is 6.69. The Labute approximate surface area is 176 Å². The second-order valence-corrected chi connectivity index (χ2v) is 7.11. The van der Waals surface area contributed by atoms with E-state index in [1.807, 2.05) is 24.0 Å². The first-order valence-corrected chi connectivity index (χ1v) is 10.3. The van der Waals surface area contributed by atoms with E-state index in [0.717, 1.165) is 18.6 Å². The maximum absolute atomic E-state index is 12.2. The minimum Gasteiger partial charge on any atom is -0.494 e. The zero-order chi connectivity index (χ0) is 21.2. The molecule has 1 fully saturated rings. The Morgan fingerprint density at radius 3 is 2.47 bits per heavy atom. The Morgan fingerprint density at radius 2 is 1.83 bits per heavy atom. The number of piperidine rings is 1. The molecule has 30 heavy (non-hydrogen) atoms. The summed E-state index contributed by atoms with van der Waals surface area (Å²) in [7, 11) is 0. The van der Waals surface area contributed by atoms with Gasteiger partial charge in [-0.15, -0.1) is 0 Å². The summed E-state index contributed by atoms with van der Waals surface area (Å²) in [6.45, 7) is 4.47. The van der Waals surface area contributed by atoms with Gasteiger partial charge in [-0.25, -0.2) is 0 Å². The van der Waals surface area contributed by atoms with Crippen molar-refractivity contribution in [1.29, 1.82) is 0 Å². The van der Waals surface area contributed by atoms with Crippen molar-refractivity contribution >= 4 is 17.9 Å². The fraction of sp³-hybridized carbons (Fsp3) is 0.391. The first-order chi connectivity index (χ1) is 14.6. The second-order valence-electron chi connectivity index (χ2n) is 7.11. The summed E-state index contributed by atoms with van der Waals surface area (Å²) in [6, 6.07) is 10.8. The summed E-state index contributed by atoms with van der Waals surface area (Å²) in [4.78, 5) is 26.1. The summed E-state index contributed by atoms with van der Waals surface area (Å²) in [6.07, 6.45) is 6.52. The lowest BCUT2D eigenvalue weighted by atomic mass is 9.96. The Balaban J connectivity index is 1.32. The highest BCUT2D eigenvalue weighted by molar-refractivity contribution is 5.91. The van der Waals surface area contributed by atoms with Gasteiger partial charge in [0.25, 0.3) is 5.91 Å². The SMILES string of the molecule is CCOc1ccc(OCC(=O)NCC2CCN(C(=O)/C=C/c3ccco3)CC2)cc1. The van der Waals surface area contributed by atoms with Crippen molar-refractivity contribution in [3.63, 3.8) is 0 Å². The van der Waals surface area contributed by atoms with E-state index in [4.69, 9.17) is 13.9 Å². The number of ether oxygens (including phenoxy) is 2. The third-order valence-electron chi connectivity index (χ3n) is 4.95. The Hall–Kier alpha value is -3.22. The minimum atomic E-state index is -0.149. The van der Waals surface area contributed by atoms with Gasteiger partial charge in [0, 0.05) is 25.7 Å². The first-order valence-electron chi connectivity index (χ1n) is 10.3. The van der Waals surface area contributed by atoms with Crippen LogP contribution in [0.3, 0.4) is 0 Å². The zero-order valence-corrected chi connectivity index (χ0v) is 17.2. The zero-order valence-electron chi connectivity index (χ0n) is 17.2. The van der Waals surface area contributed by atoms with Gasteiger partial charge in [0.1, 0.15) is 17.3 Å². The normalized spacial score (nSPS) is 14.6. The van der Waals surface area contributed by atoms with Crippen molar-refractivity contribution in [1.82, 2.24) is 10.2 Å². The highest BCUT2D eigenvalue weighted by Gasteiger charge is 2.22. The number of hydrogen-bond acceptors (Lipinski definition) is 5. The monoisotopic (exact) mass is 412 g/mol. The lowest BCUT2D eigenvalue weighted by Crippen LogP contribution is -2.41. The molecule has 1 aliphatic rings. The van der Waals surface area contributed by atoms with Gasteiger partial charge in [-0.05, 0) is 68.2 Å². The molecule has 2 amide bonds. The van der Waals surface area contributed by atoms with E-state index >= 15 is 0 Å². The molecule has 1 aromatic heterocycles. The van der Waals surface area contributed by atoms with Gasteiger partial charge in [-0.2, -0.15) is 0 Å². The van der Waals surface area contributed by atoms with E-state index < -0.39 is 0 Å². The molecule has 0 aliphatic carbocycles. The number of carbonyl (C=O) groups is 2. The molecule has 7 heteroatoms. The van der Waals surface area contributed by atoms with Crippen LogP contribution in [0, 0.1) is 5.92 Å². The van der Waals surface area contributed by atoms with E-state index in [1.54, 1.807) is 42.7 Å². The number of benzene rings is 1. The summed E-state index contributed by atoms with van der Waals surface area (Å²) < 4.78 is 16.1. The largest absolute Gasteiger partial charge is 0.494 e. The van der Waals surface area contributed by atoms with Gasteiger partial charge in [0.15, 0.2) is 6.61 Å². The molecule has 2 aromatic rings. The Morgan fingerprint density at radius 1 is 1.13 bits per heavy atom. The number of nitrogens with zero attached hydrogens (tertiary/aromatic N) is 1. The van der Waals surface area contributed by atoms with Crippen molar-refractivity contribution in [3.8, 4) is 11.5 Å². The number of hydrogen-bond donors (Lipinski definition) is 1. The summed E-state index contributed by atoms with van der Waals surface area (Å²) >= 11 is 0. The van der Waals surface area contributed by atoms with Crippen molar-refractivity contribution in [2.45, 2.75) is 19.8 Å². The molecule has 0 spiro atoms. The molecule has 1 N–H and O–H groups in total. The maximum atomic E-state index is 12.2. The number of nitrogens with one attached hydrogen (secondary N) is 1. The Bertz CT molecular complexity index is 822. The lowest BCUT2D eigenvalue weighted by molar-refractivity contribution is -0.128. The van der Waals surface area contributed by atoms with E-state index in [2.05, 4.69) is 5.32 Å². The van der Waals surface area contributed by atoms with Crippen molar-refractivity contribution in [3.05, 3.63) is 54.5 Å². The topological polar surface area (TPSA) is 81.0 Å². The van der Waals surface area contributed by atoms with Gasteiger partial charge < -0.3 is 24.1 Å². The maximum Gasteiger partial charge on any atom is 0.257 e. The van der Waals surface area contributed by atoms with Crippen LogP contribution >= 0.6 is 0 Å². The molecule has 1 saturated heterocycles. The Kier molecular flexibility index (Phi) is 7.94. The fourth-order valence-corrected chi connectivity index (χ4v) is 3.26. The average molecular weight is 412 g/mol. The number of amides is 2. The highest BCUT2D eigenvalue weighted by Crippen LogP contribution is 2.18. The van der Waals surface area contributed by atoms with Crippen LogP contribution in [0.2, 0.25) is 0 Å². The van der Waals surface area contributed by atoms with Gasteiger partial charge in [0.2, 0.25) is 5.91 Å². The molecule has 0 radical (unpaired) electrons. The molecular formula is C23H28N2O5. The molecule has 160 valence electrons. The fourth-order valence-electron chi connectivity index (χ4n) is 3.26. The van der Waals surface area contributed by atoms with Crippen LogP contribution in [0.25, 0.3) is 6.08 Å². The predicted molar refractivity (Wildman–Crippen MR) is 113 cm³/mol. The number of rotatable bonds is 9. The summed E-state index contributed by atoms with van der Waals surface area (Å²) in [5.74, 6) is 2.26. The van der Waals surface area contributed by atoms with Gasteiger partial charge >= 0.3 is 0 Å². The molecule has 7 nitrogen and oxygen atoms in total. The predicted octanol–water partition coefficient (Wildman–Crippen LogP) is 3.13. The smallest absolute Gasteiger partial charge is 0.257 e. The van der Waals surface area contributed by atoms with Gasteiger partial charge in [-0.3, -0.25) is 9.59 Å². The van der Waals surface area contributed by atoms with Crippen LogP contribution in [0.5, 0.6) is 11.5 Å². The first kappa shape index (κ1) is 21.5. The van der Waals surface area contributed by atoms with E-state index in [9.17, 15) is 9.59 Å². The van der Waals surface area contributed by atoms with Crippen molar-refractivity contribution in [2.24, 2.45) is 5.92 Å². The van der Waals surface area contributed by atoms with Gasteiger partial charge in [-0.1, -0.05) is 0 Å². The number of likely N-dealkylation sites (tertiary alicyclic amines) is 1. The molecule has 2 heterocycles. The molecular weight excluding hydrogens is 384 g/mol. The highest BCUT2D eigenvalue weighted by atomic mass is 16.5. The van der Waals surface area contributed by atoms with Crippen LogP contribution < -0.4 is 14.8 Å². The van der Waals surface area contributed by atoms with Crippen LogP contribution in [-0.4, -0.2) is 49.6 Å². The van der Waals surface area contributed by atoms with Crippen LogP contribution in [0.4, 0.5) is 0 Å². The molecule has 1 aromatic carbocycles. The van der Waals surface area contributed by atoms with Crippen LogP contribution in [0.1, 0.15) is 25.5 Å². The molecule has 1 aliphatic heterocycles. The van der Waals surface area contributed by atoms with Gasteiger partial charge in [0.05, 0.1) is 12.9 Å². The standard InChI is InChI=1S/C23H28N2O5/c1-2-28-20-5-7-21(8-6-20)30-17-22(26)24-16-18-11-13-25(14-12-18)23(27)10-9-19-4-3-15-29-19/h3-10,15,18H,2,11-14,16-17H2,1H3,(H,24,26)/b10-9+. The second kappa shape index (κ2) is 11.1. The lowest BCUT2D eigenvalue weighted by Gasteiger charge is -2.31. The summed E-state index contributed by atoms with van der Waals surface area (Å²) in [5, 5.41) is 2.92. The van der Waals surface area contributed by atoms with E-state index in [-0.39, 0.29) is 18.4 Å². The summed E-state index contributed by atoms with van der Waals surface area (Å²) in [5.41, 5.74) is 0. The molecule has 3 rings (SSSR count). The third-order valence-corrected chi connectivity index (χ3v) is 4.95.